The number of nitrogens with one attached hydrogen (secondary N) is 1. The molecular formula is C13H14N2O5. The van der Waals surface area contributed by atoms with Crippen molar-refractivity contribution in [3.05, 3.63) is 39.4 Å². The molecule has 1 saturated carbocycles. The lowest BCUT2D eigenvalue weighted by molar-refractivity contribution is -0.384. The van der Waals surface area contributed by atoms with E-state index in [0.717, 1.165) is 0 Å². The molecule has 1 aliphatic rings. The van der Waals surface area contributed by atoms with E-state index in [2.05, 4.69) is 5.32 Å². The quantitative estimate of drug-likeness (QED) is 0.626. The molecule has 0 saturated heterocycles. The third kappa shape index (κ3) is 2.61. The van der Waals surface area contributed by atoms with Gasteiger partial charge in [-0.25, -0.2) is 0 Å². The van der Waals surface area contributed by atoms with Crippen LogP contribution in [0.5, 0.6) is 0 Å². The third-order valence-corrected chi connectivity index (χ3v) is 3.57. The summed E-state index contributed by atoms with van der Waals surface area (Å²) in [4.78, 5) is 33.1. The molecule has 0 bridgehead atoms. The van der Waals surface area contributed by atoms with Crippen molar-refractivity contribution in [3.8, 4) is 0 Å². The number of carbonyl (C=O) groups excluding carboxylic acids is 1. The Kier molecular flexibility index (Phi) is 3.44. The van der Waals surface area contributed by atoms with Crippen LogP contribution >= 0.6 is 0 Å². The van der Waals surface area contributed by atoms with Gasteiger partial charge in [0.05, 0.1) is 10.3 Å². The van der Waals surface area contributed by atoms with Gasteiger partial charge in [-0.15, -0.1) is 0 Å². The number of nitro benzene ring substituents is 1. The molecule has 0 aromatic heterocycles. The van der Waals surface area contributed by atoms with Gasteiger partial charge in [0, 0.05) is 24.2 Å². The first-order valence-electron chi connectivity index (χ1n) is 6.12. The monoisotopic (exact) mass is 278 g/mol. The fourth-order valence-electron chi connectivity index (χ4n) is 1.93. The number of rotatable bonds is 5. The predicted molar refractivity (Wildman–Crippen MR) is 69.5 cm³/mol. The number of hydrogen-bond donors (Lipinski definition) is 2. The van der Waals surface area contributed by atoms with Gasteiger partial charge in [0.25, 0.3) is 11.6 Å². The molecule has 7 nitrogen and oxygen atoms in total. The molecule has 20 heavy (non-hydrogen) atoms. The van der Waals surface area contributed by atoms with Gasteiger partial charge in [0.1, 0.15) is 0 Å². The Bertz CT molecular complexity index is 592. The summed E-state index contributed by atoms with van der Waals surface area (Å²) in [6, 6.07) is 4.02. The summed E-state index contributed by atoms with van der Waals surface area (Å²) in [7, 11) is 0. The molecule has 1 amide bonds. The summed E-state index contributed by atoms with van der Waals surface area (Å²) in [6.45, 7) is 1.71. The molecule has 2 rings (SSSR count). The Labute approximate surface area is 114 Å². The van der Waals surface area contributed by atoms with Gasteiger partial charge in [0.15, 0.2) is 0 Å². The molecule has 1 fully saturated rings. The largest absolute Gasteiger partial charge is 0.481 e. The highest BCUT2D eigenvalue weighted by Crippen LogP contribution is 2.45. The lowest BCUT2D eigenvalue weighted by Gasteiger charge is -2.12. The standard InChI is InChI=1S/C13H14N2O5/c1-8-2-3-9(15(19)20)6-10(8)11(16)14-7-13(4-5-13)12(17)18/h2-3,6H,4-5,7H2,1H3,(H,14,16)(H,17,18). The highest BCUT2D eigenvalue weighted by molar-refractivity contribution is 5.96. The van der Waals surface area contributed by atoms with E-state index < -0.39 is 22.2 Å². The Morgan fingerprint density at radius 3 is 2.60 bits per heavy atom. The zero-order chi connectivity index (χ0) is 14.9. The molecule has 106 valence electrons. The molecule has 1 aromatic carbocycles. The molecule has 2 N–H and O–H groups in total. The molecular weight excluding hydrogens is 264 g/mol. The van der Waals surface area contributed by atoms with Crippen LogP contribution in [0.15, 0.2) is 18.2 Å². The minimum Gasteiger partial charge on any atom is -0.481 e. The molecule has 1 aliphatic carbocycles. The first kappa shape index (κ1) is 14.0. The van der Waals surface area contributed by atoms with Crippen LogP contribution < -0.4 is 5.32 Å². The summed E-state index contributed by atoms with van der Waals surface area (Å²) in [5.41, 5.74) is -0.224. The van der Waals surface area contributed by atoms with Crippen LogP contribution in [0, 0.1) is 22.5 Å². The first-order valence-corrected chi connectivity index (χ1v) is 6.12. The molecule has 0 atom stereocenters. The maximum atomic E-state index is 12.0. The second kappa shape index (κ2) is 4.92. The Hall–Kier alpha value is -2.44. The number of carboxylic acids is 1. The maximum absolute atomic E-state index is 12.0. The smallest absolute Gasteiger partial charge is 0.311 e. The van der Waals surface area contributed by atoms with Crippen molar-refractivity contribution in [3.63, 3.8) is 0 Å². The van der Waals surface area contributed by atoms with Crippen LogP contribution in [-0.2, 0) is 4.79 Å². The molecule has 0 radical (unpaired) electrons. The van der Waals surface area contributed by atoms with Gasteiger partial charge >= 0.3 is 5.97 Å². The van der Waals surface area contributed by atoms with E-state index in [1.807, 2.05) is 0 Å². The van der Waals surface area contributed by atoms with E-state index in [1.54, 1.807) is 6.92 Å². The summed E-state index contributed by atoms with van der Waals surface area (Å²) in [6.07, 6.45) is 1.08. The SMILES string of the molecule is Cc1ccc([N+](=O)[O-])cc1C(=O)NCC1(C(=O)O)CC1. The lowest BCUT2D eigenvalue weighted by atomic mass is 10.1. The second-order valence-corrected chi connectivity index (χ2v) is 5.02. The van der Waals surface area contributed by atoms with Crippen LogP contribution in [0.3, 0.4) is 0 Å². The Balaban J connectivity index is 2.11. The fourth-order valence-corrected chi connectivity index (χ4v) is 1.93. The number of amides is 1. The highest BCUT2D eigenvalue weighted by atomic mass is 16.6. The van der Waals surface area contributed by atoms with Gasteiger partial charge in [-0.2, -0.15) is 0 Å². The zero-order valence-corrected chi connectivity index (χ0v) is 10.9. The molecule has 0 spiro atoms. The minimum absolute atomic E-state index is 0.0449. The Morgan fingerprint density at radius 2 is 2.10 bits per heavy atom. The van der Waals surface area contributed by atoms with Crippen molar-refractivity contribution in [2.45, 2.75) is 19.8 Å². The summed E-state index contributed by atoms with van der Waals surface area (Å²) in [5, 5.41) is 22.3. The van der Waals surface area contributed by atoms with Gasteiger partial charge < -0.3 is 10.4 Å². The van der Waals surface area contributed by atoms with Crippen molar-refractivity contribution in [2.75, 3.05) is 6.54 Å². The molecule has 0 unspecified atom stereocenters. The van der Waals surface area contributed by atoms with Gasteiger partial charge in [-0.1, -0.05) is 6.07 Å². The number of aliphatic carboxylic acids is 1. The van der Waals surface area contributed by atoms with Crippen LogP contribution in [0.2, 0.25) is 0 Å². The number of nitro groups is 1. The van der Waals surface area contributed by atoms with Crippen LogP contribution in [0.25, 0.3) is 0 Å². The number of carbonyl (C=O) groups is 2. The number of aryl methyl sites for hydroxylation is 1. The number of benzene rings is 1. The van der Waals surface area contributed by atoms with Crippen LogP contribution in [-0.4, -0.2) is 28.5 Å². The molecule has 7 heteroatoms. The molecule has 0 aliphatic heterocycles. The van der Waals surface area contributed by atoms with Gasteiger partial charge in [-0.3, -0.25) is 19.7 Å². The van der Waals surface area contributed by atoms with Crippen molar-refractivity contribution < 1.29 is 19.6 Å². The second-order valence-electron chi connectivity index (χ2n) is 5.02. The van der Waals surface area contributed by atoms with E-state index >= 15 is 0 Å². The number of hydrogen-bond acceptors (Lipinski definition) is 4. The van der Waals surface area contributed by atoms with E-state index in [9.17, 15) is 19.7 Å². The van der Waals surface area contributed by atoms with E-state index in [4.69, 9.17) is 5.11 Å². The lowest BCUT2D eigenvalue weighted by Crippen LogP contribution is -2.34. The summed E-state index contributed by atoms with van der Waals surface area (Å²) >= 11 is 0. The first-order chi connectivity index (χ1) is 9.35. The number of nitrogens with zero attached hydrogens (tertiary/aromatic N) is 1. The molecule has 1 aromatic rings. The van der Waals surface area contributed by atoms with Crippen molar-refractivity contribution in [1.29, 1.82) is 0 Å². The van der Waals surface area contributed by atoms with E-state index in [0.29, 0.717) is 18.4 Å². The normalized spacial score (nSPS) is 15.4. The maximum Gasteiger partial charge on any atom is 0.311 e. The van der Waals surface area contributed by atoms with Crippen molar-refractivity contribution >= 4 is 17.6 Å². The van der Waals surface area contributed by atoms with Crippen molar-refractivity contribution in [2.24, 2.45) is 5.41 Å². The number of non-ortho nitro benzene ring substituents is 1. The fraction of sp³-hybridized carbons (Fsp3) is 0.385. The average molecular weight is 278 g/mol. The Morgan fingerprint density at radius 1 is 1.45 bits per heavy atom. The van der Waals surface area contributed by atoms with Crippen molar-refractivity contribution in [1.82, 2.24) is 5.32 Å². The topological polar surface area (TPSA) is 110 Å². The van der Waals surface area contributed by atoms with Crippen LogP contribution in [0.1, 0.15) is 28.8 Å². The zero-order valence-electron chi connectivity index (χ0n) is 10.9. The van der Waals surface area contributed by atoms with Gasteiger partial charge in [0.2, 0.25) is 0 Å². The third-order valence-electron chi connectivity index (χ3n) is 3.57. The highest BCUT2D eigenvalue weighted by Gasteiger charge is 2.50. The van der Waals surface area contributed by atoms with E-state index in [1.165, 1.54) is 18.2 Å². The average Bonchev–Trinajstić information content (AvgIpc) is 3.17. The van der Waals surface area contributed by atoms with E-state index in [-0.39, 0.29) is 17.8 Å². The summed E-state index contributed by atoms with van der Waals surface area (Å²) in [5.74, 6) is -1.41. The van der Waals surface area contributed by atoms with Crippen LogP contribution in [0.4, 0.5) is 5.69 Å². The summed E-state index contributed by atoms with van der Waals surface area (Å²) < 4.78 is 0. The minimum atomic E-state index is -0.923. The number of carboxylic acid groups (broad SMARTS) is 1. The van der Waals surface area contributed by atoms with Gasteiger partial charge in [-0.05, 0) is 25.3 Å². The molecule has 0 heterocycles. The predicted octanol–water partition coefficient (Wildman–Crippen LogP) is 1.50.